The highest BCUT2D eigenvalue weighted by atomic mass is 35.5. The number of nitrogens with two attached hydrogens (primary N) is 2. The number of urea groups is 1. The highest BCUT2D eigenvalue weighted by Gasteiger charge is 2.39. The Labute approximate surface area is 557 Å². The molecule has 1 aromatic heterocycles. The minimum atomic E-state index is -4.51. The van der Waals surface area contributed by atoms with Crippen LogP contribution in [0, 0.1) is 5.92 Å². The zero-order valence-electron chi connectivity index (χ0n) is 52.7. The van der Waals surface area contributed by atoms with Crippen LogP contribution in [0.2, 0.25) is 0 Å². The molecule has 5 aromatic carbocycles. The molecule has 94 heavy (non-hydrogen) atoms. The van der Waals surface area contributed by atoms with Gasteiger partial charge in [0.1, 0.15) is 30.5 Å². The van der Waals surface area contributed by atoms with Crippen LogP contribution >= 0.6 is 42.1 Å². The molecule has 6 aromatic rings. The third kappa shape index (κ3) is 17.7. The molecular formula is C65H78Cl2N11O14PS. The predicted octanol–water partition coefficient (Wildman–Crippen LogP) is 8.04. The van der Waals surface area contributed by atoms with Crippen LogP contribution in [-0.4, -0.2) is 156 Å². The normalized spacial score (nSPS) is 15.1. The Bertz CT molecular complexity index is 3870. The van der Waals surface area contributed by atoms with Crippen molar-refractivity contribution in [1.29, 1.82) is 0 Å². The molecule has 3 heterocycles. The van der Waals surface area contributed by atoms with Gasteiger partial charge in [-0.1, -0.05) is 74.5 Å². The Hall–Kier alpha value is -8.36. The fraction of sp³-hybridized carbons (Fsp3) is 0.400. The second-order valence-electron chi connectivity index (χ2n) is 23.6. The third-order valence-electron chi connectivity index (χ3n) is 16.3. The van der Waals surface area contributed by atoms with Crippen molar-refractivity contribution in [2.45, 2.75) is 95.6 Å². The number of primary amides is 1. The van der Waals surface area contributed by atoms with Gasteiger partial charge in [-0.2, -0.15) is 0 Å². The van der Waals surface area contributed by atoms with Crippen molar-refractivity contribution in [2.24, 2.45) is 17.4 Å². The van der Waals surface area contributed by atoms with Crippen LogP contribution in [0.25, 0.3) is 21.5 Å². The Morgan fingerprint density at radius 1 is 0.691 bits per heavy atom. The van der Waals surface area contributed by atoms with Crippen LogP contribution in [0.3, 0.4) is 0 Å². The lowest BCUT2D eigenvalue weighted by Crippen LogP contribution is -2.57. The first kappa shape index (κ1) is 71.5. The number of likely N-dealkylation sites (N-methyl/N-ethyl adjacent to an activating group) is 2. The summed E-state index contributed by atoms with van der Waals surface area (Å²) in [6.45, 7) is 5.54. The summed E-state index contributed by atoms with van der Waals surface area (Å²) in [6.07, 6.45) is -0.178. The molecule has 0 radical (unpaired) electrons. The first-order chi connectivity index (χ1) is 44.8. The number of unbranched alkanes of at least 4 members (excludes halogenated alkanes) is 1. The van der Waals surface area contributed by atoms with Crippen molar-refractivity contribution in [3.05, 3.63) is 129 Å². The Balaban J connectivity index is 0.872. The van der Waals surface area contributed by atoms with E-state index < -0.39 is 91.5 Å². The number of thiophene rings is 1. The van der Waals surface area contributed by atoms with Crippen molar-refractivity contribution < 1.29 is 67.0 Å². The Morgan fingerprint density at radius 2 is 1.23 bits per heavy atom. The van der Waals surface area contributed by atoms with Gasteiger partial charge in [0.2, 0.25) is 23.6 Å². The number of nitrogens with zero attached hydrogens (tertiary/aromatic N) is 4. The second-order valence-corrected chi connectivity index (χ2v) is 26.9. The molecule has 502 valence electrons. The summed E-state index contributed by atoms with van der Waals surface area (Å²) in [5.74, 6) is -3.57. The number of fused-ring (bicyclic) bond motifs is 6. The molecule has 2 aliphatic rings. The molecule has 10 amide bonds. The molecule has 5 atom stereocenters. The topological polar surface area (TPSA) is 355 Å². The molecule has 8 rings (SSSR count). The number of rotatable bonds is 28. The molecule has 29 heteroatoms. The smallest absolute Gasteiger partial charge is 0.415 e. The number of alkyl halides is 2. The number of anilines is 3. The van der Waals surface area contributed by atoms with E-state index in [2.05, 4.69) is 26.6 Å². The third-order valence-corrected chi connectivity index (χ3v) is 18.9. The van der Waals surface area contributed by atoms with E-state index >= 15 is 0 Å². The molecule has 1 unspecified atom stereocenters. The molecule has 11 N–H and O–H groups in total. The van der Waals surface area contributed by atoms with E-state index in [1.165, 1.54) is 30.8 Å². The van der Waals surface area contributed by atoms with Crippen LogP contribution in [-0.2, 0) is 41.2 Å². The van der Waals surface area contributed by atoms with Gasteiger partial charge in [-0.25, -0.2) is 14.4 Å². The van der Waals surface area contributed by atoms with Gasteiger partial charge in [-0.05, 0) is 113 Å². The van der Waals surface area contributed by atoms with E-state index in [0.29, 0.717) is 70.2 Å². The van der Waals surface area contributed by atoms with Crippen molar-refractivity contribution in [1.82, 2.24) is 31.1 Å². The van der Waals surface area contributed by atoms with Crippen LogP contribution in [0.15, 0.2) is 97.1 Å². The standard InChI is InChI=1S/C65H78Cl2N11O14PS/c1-37(2)57(74-59(81)48(71-38(3)79)17-10-11-25-68)60(82)73-49(18-12-26-70-63(69)85)58(80)72-43-21-19-39(20-22-43)35-91-64(86)75(4)27-28-76(5)65(87)92-52-30-51-56(47-16-9-7-14-45(47)52)42(32-67)34-78(51)62(84)54-24-23-53(94-54)61(83)77-33-41(31-66)55-46-15-8-6-13-44(46)40(29-50(55)77)36-93(88,89)90/h6-9,13-16,19-24,29-30,37,41-42,48-49,57H,10-12,17-18,25-28,31-36,68H2,1-5H3,(H,71,79)(H,72,80)(H,73,82)(H,74,81)(H3,69,70,85)(H2,88,89,90)/t41-,42-,48+,49+,57?/m1/s1. The minimum Gasteiger partial charge on any atom is -0.445 e. The van der Waals surface area contributed by atoms with Crippen molar-refractivity contribution >= 4 is 134 Å². The lowest BCUT2D eigenvalue weighted by atomic mass is 9.93. The molecule has 0 saturated carbocycles. The summed E-state index contributed by atoms with van der Waals surface area (Å²) in [4.78, 5) is 147. The Kier molecular flexibility index (Phi) is 24.5. The lowest BCUT2D eigenvalue weighted by Gasteiger charge is -2.27. The second kappa shape index (κ2) is 32.2. The average Bonchev–Trinajstić information content (AvgIpc) is 1.57. The quantitative estimate of drug-likeness (QED) is 0.0127. The summed E-state index contributed by atoms with van der Waals surface area (Å²) < 4.78 is 23.9. The number of hydrogen-bond acceptors (Lipinski definition) is 14. The van der Waals surface area contributed by atoms with Crippen molar-refractivity contribution in [2.75, 3.05) is 80.2 Å². The monoisotopic (exact) mass is 1370 g/mol. The van der Waals surface area contributed by atoms with Gasteiger partial charge < -0.3 is 76.9 Å². The summed E-state index contributed by atoms with van der Waals surface area (Å²) in [7, 11) is -1.50. The van der Waals surface area contributed by atoms with E-state index in [9.17, 15) is 57.5 Å². The first-order valence-electron chi connectivity index (χ1n) is 30.6. The van der Waals surface area contributed by atoms with Gasteiger partial charge in [-0.3, -0.25) is 33.3 Å². The first-order valence-corrected chi connectivity index (χ1v) is 34.3. The molecule has 0 saturated heterocycles. The molecule has 2 aliphatic heterocycles. The van der Waals surface area contributed by atoms with Crippen LogP contribution < -0.4 is 52.6 Å². The Morgan fingerprint density at radius 3 is 1.79 bits per heavy atom. The van der Waals surface area contributed by atoms with Gasteiger partial charge in [0.15, 0.2) is 0 Å². The molecule has 0 aliphatic carbocycles. The summed E-state index contributed by atoms with van der Waals surface area (Å²) in [5, 5.41) is 16.0. The fourth-order valence-corrected chi connectivity index (χ4v) is 13.6. The molecule has 0 bridgehead atoms. The average molecular weight is 1370 g/mol. The largest absolute Gasteiger partial charge is 0.445 e. The zero-order chi connectivity index (χ0) is 68.1. The van der Waals surface area contributed by atoms with E-state index in [0.717, 1.165) is 27.8 Å². The molecule has 0 fully saturated rings. The summed E-state index contributed by atoms with van der Waals surface area (Å²) in [5.41, 5.74) is 14.7. The highest BCUT2D eigenvalue weighted by molar-refractivity contribution is 7.50. The number of carbonyl (C=O) groups excluding carboxylic acids is 9. The van der Waals surface area contributed by atoms with E-state index in [1.54, 1.807) is 96.4 Å². The van der Waals surface area contributed by atoms with Gasteiger partial charge in [0, 0.05) is 100 Å². The zero-order valence-corrected chi connectivity index (χ0v) is 55.9. The number of hydrogen-bond donors (Lipinski definition) is 9. The maximum atomic E-state index is 14.7. The van der Waals surface area contributed by atoms with E-state index in [-0.39, 0.29) is 91.3 Å². The number of amides is 10. The van der Waals surface area contributed by atoms with Gasteiger partial charge in [0.25, 0.3) is 11.8 Å². The fourth-order valence-electron chi connectivity index (χ4n) is 11.5. The number of benzene rings is 5. The SMILES string of the molecule is CC(=O)N[C@@H](CCCCN)C(=O)NC(C(=O)N[C@@H](CCCNC(N)=O)C(=O)Nc1ccc(COC(=O)N(C)CCN(C)C(=O)Oc2cc3c(c4ccccc24)[C@H](CCl)CN3C(=O)c2ccc(C(=O)N3C[C@@H](CCl)c4c3cc(CP(=O)(O)O)c3ccccc43)s2)cc1)C(C)C. The molecular weight excluding hydrogens is 1290 g/mol. The van der Waals surface area contributed by atoms with Crippen molar-refractivity contribution in [3.8, 4) is 5.75 Å². The number of nitrogens with one attached hydrogen (secondary N) is 5. The van der Waals surface area contributed by atoms with Gasteiger partial charge >= 0.3 is 25.8 Å². The van der Waals surface area contributed by atoms with E-state index in [1.807, 2.05) is 24.3 Å². The van der Waals surface area contributed by atoms with Gasteiger partial charge in [0.05, 0.1) is 21.6 Å². The van der Waals surface area contributed by atoms with E-state index in [4.69, 9.17) is 44.1 Å². The molecule has 0 spiro atoms. The maximum Gasteiger partial charge on any atom is 0.415 e. The number of carbonyl (C=O) groups is 9. The predicted molar refractivity (Wildman–Crippen MR) is 361 cm³/mol. The number of halogens is 2. The maximum absolute atomic E-state index is 14.7. The van der Waals surface area contributed by atoms with Gasteiger partial charge in [-0.15, -0.1) is 34.5 Å². The summed E-state index contributed by atoms with van der Waals surface area (Å²) in [6, 6.07) is 23.5. The molecule has 25 nitrogen and oxygen atoms in total. The van der Waals surface area contributed by atoms with Crippen LogP contribution in [0.4, 0.5) is 31.4 Å². The number of ether oxygens (including phenoxy) is 2. The lowest BCUT2D eigenvalue weighted by molar-refractivity contribution is -0.133. The van der Waals surface area contributed by atoms with Crippen LogP contribution in [0.5, 0.6) is 5.75 Å². The van der Waals surface area contributed by atoms with Crippen LogP contribution in [0.1, 0.15) is 106 Å². The van der Waals surface area contributed by atoms with Crippen molar-refractivity contribution in [3.63, 3.8) is 0 Å². The summed E-state index contributed by atoms with van der Waals surface area (Å²) >= 11 is 14.1. The highest BCUT2D eigenvalue weighted by Crippen LogP contribution is 2.49. The minimum absolute atomic E-state index is 0.0192.